The van der Waals surface area contributed by atoms with Crippen molar-refractivity contribution in [2.24, 2.45) is 5.73 Å². The molecule has 0 saturated carbocycles. The molecule has 1 unspecified atom stereocenters. The lowest BCUT2D eigenvalue weighted by atomic mass is 9.81. The number of rotatable bonds is 7. The van der Waals surface area contributed by atoms with Gasteiger partial charge >= 0.3 is 6.18 Å². The van der Waals surface area contributed by atoms with Gasteiger partial charge in [-0.3, -0.25) is 9.59 Å². The van der Waals surface area contributed by atoms with Gasteiger partial charge in [-0.25, -0.2) is 14.4 Å². The van der Waals surface area contributed by atoms with Crippen LogP contribution in [-0.2, 0) is 15.8 Å². The first kappa shape index (κ1) is 29.7. The number of aromatic nitrogens is 2. The van der Waals surface area contributed by atoms with Gasteiger partial charge in [0.25, 0.3) is 5.91 Å². The van der Waals surface area contributed by atoms with Gasteiger partial charge in [-0.15, -0.1) is 0 Å². The number of methoxy groups -OCH3 is 1. The van der Waals surface area contributed by atoms with Crippen molar-refractivity contribution in [3.05, 3.63) is 82.9 Å². The van der Waals surface area contributed by atoms with Gasteiger partial charge in [-0.1, -0.05) is 0 Å². The molecule has 2 aromatic carbocycles. The fraction of sp³-hybridized carbons (Fsp3) is 0.267. The molecule has 2 amide bonds. The minimum absolute atomic E-state index is 0.00773. The van der Waals surface area contributed by atoms with E-state index < -0.39 is 47.1 Å². The summed E-state index contributed by atoms with van der Waals surface area (Å²) in [6.45, 7) is 1.51. The Morgan fingerprint density at radius 2 is 1.81 bits per heavy atom. The number of carbonyl (C=O) groups is 2. The number of aryl methyl sites for hydroxylation is 1. The summed E-state index contributed by atoms with van der Waals surface area (Å²) in [5.74, 6) is -1.96. The predicted octanol–water partition coefficient (Wildman–Crippen LogP) is 4.07. The average Bonchev–Trinajstić information content (AvgIpc) is 3.32. The zero-order valence-corrected chi connectivity index (χ0v) is 23.2. The lowest BCUT2D eigenvalue weighted by molar-refractivity contribution is -0.265. The zero-order valence-electron chi connectivity index (χ0n) is 23.2. The van der Waals surface area contributed by atoms with Crippen LogP contribution in [0.4, 0.5) is 17.6 Å². The van der Waals surface area contributed by atoms with Crippen molar-refractivity contribution in [3.8, 4) is 22.8 Å². The summed E-state index contributed by atoms with van der Waals surface area (Å²) < 4.78 is 68.4. The second kappa shape index (κ2) is 10.5. The van der Waals surface area contributed by atoms with Gasteiger partial charge in [0.2, 0.25) is 11.5 Å². The van der Waals surface area contributed by atoms with E-state index >= 15 is 0 Å². The van der Waals surface area contributed by atoms with Crippen LogP contribution in [0.15, 0.2) is 54.6 Å². The summed E-state index contributed by atoms with van der Waals surface area (Å²) in [7, 11) is 1.46. The number of pyridine rings is 2. The van der Waals surface area contributed by atoms with Crippen LogP contribution in [0.1, 0.15) is 34.2 Å². The molecule has 0 spiro atoms. The molecule has 0 bridgehead atoms. The molecule has 0 aliphatic carbocycles. The topological polar surface area (TPSA) is 137 Å². The number of fused-ring (bicyclic) bond motifs is 2. The van der Waals surface area contributed by atoms with Crippen LogP contribution in [0.2, 0.25) is 0 Å². The molecule has 1 aliphatic heterocycles. The summed E-state index contributed by atoms with van der Waals surface area (Å²) in [5.41, 5.74) is 0.511. The summed E-state index contributed by atoms with van der Waals surface area (Å²) in [6.07, 6.45) is -5.34. The Labute approximate surface area is 242 Å². The minimum Gasteiger partial charge on any atom is -0.495 e. The first-order valence-corrected chi connectivity index (χ1v) is 13.0. The van der Waals surface area contributed by atoms with E-state index in [4.69, 9.17) is 15.2 Å². The molecule has 2 atom stereocenters. The standard InChI is InChI=1S/C30H26F4N4O5/c1-15-22(42-3)11-18-10-17(6-9-21(18)37-15)26(39)36-13-29(41,30(32,33)34)23-12-20-25(43-14-28(20,2)27(35)40)24(38-23)16-4-7-19(31)8-5-16/h4-12,41H,13-14H2,1-3H3,(H2,35,40)(H,36,39)/t28-,29?/m0/s1. The van der Waals surface area contributed by atoms with Crippen LogP contribution >= 0.6 is 0 Å². The van der Waals surface area contributed by atoms with Gasteiger partial charge in [0.05, 0.1) is 30.6 Å². The number of halogens is 4. The number of aliphatic hydroxyl groups is 1. The van der Waals surface area contributed by atoms with Crippen LogP contribution in [0, 0.1) is 12.7 Å². The van der Waals surface area contributed by atoms with Crippen molar-refractivity contribution in [2.45, 2.75) is 31.0 Å². The highest BCUT2D eigenvalue weighted by Crippen LogP contribution is 2.47. The van der Waals surface area contributed by atoms with E-state index in [1.165, 1.54) is 44.4 Å². The van der Waals surface area contributed by atoms with E-state index in [2.05, 4.69) is 15.3 Å². The maximum atomic E-state index is 14.6. The third-order valence-corrected chi connectivity index (χ3v) is 7.57. The number of hydrogen-bond donors (Lipinski definition) is 3. The summed E-state index contributed by atoms with van der Waals surface area (Å²) in [4.78, 5) is 33.9. The SMILES string of the molecule is COc1cc2cc(C(=O)NCC(O)(c3cc4c(c(-c5ccc(F)cc5)n3)OC[C@]4(C)C(N)=O)C(F)(F)F)ccc2nc1C. The number of nitrogens with two attached hydrogens (primary N) is 1. The molecule has 9 nitrogen and oxygen atoms in total. The van der Waals surface area contributed by atoms with Crippen LogP contribution < -0.4 is 20.5 Å². The molecule has 3 heterocycles. The van der Waals surface area contributed by atoms with Crippen LogP contribution in [-0.4, -0.2) is 53.3 Å². The van der Waals surface area contributed by atoms with Gasteiger partial charge < -0.3 is 25.6 Å². The fourth-order valence-corrected chi connectivity index (χ4v) is 4.85. The lowest BCUT2D eigenvalue weighted by Gasteiger charge is -2.31. The van der Waals surface area contributed by atoms with E-state index in [-0.39, 0.29) is 34.7 Å². The fourth-order valence-electron chi connectivity index (χ4n) is 4.85. The quantitative estimate of drug-likeness (QED) is 0.273. The predicted molar refractivity (Wildman–Crippen MR) is 147 cm³/mol. The van der Waals surface area contributed by atoms with Gasteiger partial charge in [0.15, 0.2) is 0 Å². The van der Waals surface area contributed by atoms with E-state index in [9.17, 15) is 32.3 Å². The molecular formula is C30H26F4N4O5. The van der Waals surface area contributed by atoms with Crippen molar-refractivity contribution < 1.29 is 41.7 Å². The third-order valence-electron chi connectivity index (χ3n) is 7.57. The number of alkyl halides is 3. The molecule has 224 valence electrons. The first-order valence-electron chi connectivity index (χ1n) is 13.0. The number of benzene rings is 2. The molecule has 2 aromatic heterocycles. The molecule has 0 radical (unpaired) electrons. The van der Waals surface area contributed by atoms with Crippen molar-refractivity contribution in [1.29, 1.82) is 0 Å². The number of ether oxygens (including phenoxy) is 2. The van der Waals surface area contributed by atoms with Gasteiger partial charge in [-0.2, -0.15) is 13.2 Å². The number of nitrogens with zero attached hydrogens (tertiary/aromatic N) is 2. The van der Waals surface area contributed by atoms with Crippen molar-refractivity contribution >= 4 is 22.7 Å². The second-order valence-electron chi connectivity index (χ2n) is 10.4. The second-order valence-corrected chi connectivity index (χ2v) is 10.4. The highest BCUT2D eigenvalue weighted by molar-refractivity contribution is 5.98. The molecule has 0 fully saturated rings. The zero-order chi connectivity index (χ0) is 31.3. The number of hydrogen-bond acceptors (Lipinski definition) is 7. The molecule has 13 heteroatoms. The van der Waals surface area contributed by atoms with Gasteiger partial charge in [0.1, 0.15) is 35.0 Å². The Balaban J connectivity index is 1.56. The van der Waals surface area contributed by atoms with Gasteiger partial charge in [-0.05, 0) is 68.4 Å². The molecule has 0 saturated heterocycles. The molecule has 4 N–H and O–H groups in total. The van der Waals surface area contributed by atoms with Crippen molar-refractivity contribution in [2.75, 3.05) is 20.3 Å². The summed E-state index contributed by atoms with van der Waals surface area (Å²) in [5, 5.41) is 13.9. The third kappa shape index (κ3) is 5.09. The maximum absolute atomic E-state index is 14.6. The van der Waals surface area contributed by atoms with Crippen LogP contribution in [0.5, 0.6) is 11.5 Å². The Hall–Kier alpha value is -4.78. The van der Waals surface area contributed by atoms with Crippen LogP contribution in [0.3, 0.4) is 0 Å². The lowest BCUT2D eigenvalue weighted by Crippen LogP contribution is -2.51. The number of amides is 2. The number of carbonyl (C=O) groups excluding carboxylic acids is 2. The highest BCUT2D eigenvalue weighted by atomic mass is 19.4. The Bertz CT molecular complexity index is 1760. The Morgan fingerprint density at radius 1 is 1.12 bits per heavy atom. The number of nitrogens with one attached hydrogen (secondary N) is 1. The first-order chi connectivity index (χ1) is 20.2. The smallest absolute Gasteiger partial charge is 0.424 e. The Morgan fingerprint density at radius 3 is 2.44 bits per heavy atom. The molecule has 5 rings (SSSR count). The molecule has 4 aromatic rings. The largest absolute Gasteiger partial charge is 0.495 e. The maximum Gasteiger partial charge on any atom is 0.424 e. The highest BCUT2D eigenvalue weighted by Gasteiger charge is 2.57. The monoisotopic (exact) mass is 598 g/mol. The normalized spacial score (nSPS) is 17.6. The van der Waals surface area contributed by atoms with E-state index in [0.29, 0.717) is 22.3 Å². The Kier molecular flexibility index (Phi) is 7.25. The van der Waals surface area contributed by atoms with Crippen LogP contribution in [0.25, 0.3) is 22.2 Å². The van der Waals surface area contributed by atoms with E-state index in [0.717, 1.165) is 18.2 Å². The van der Waals surface area contributed by atoms with Crippen molar-refractivity contribution in [3.63, 3.8) is 0 Å². The molecule has 43 heavy (non-hydrogen) atoms. The molecule has 1 aliphatic rings. The number of primary amides is 1. The average molecular weight is 599 g/mol. The van der Waals surface area contributed by atoms with E-state index in [1.807, 2.05) is 0 Å². The van der Waals surface area contributed by atoms with E-state index in [1.54, 1.807) is 13.0 Å². The molecular weight excluding hydrogens is 572 g/mol. The minimum atomic E-state index is -5.34. The van der Waals surface area contributed by atoms with Crippen molar-refractivity contribution in [1.82, 2.24) is 15.3 Å². The van der Waals surface area contributed by atoms with Gasteiger partial charge in [0, 0.05) is 22.1 Å². The summed E-state index contributed by atoms with van der Waals surface area (Å²) in [6, 6.07) is 11.6. The summed E-state index contributed by atoms with van der Waals surface area (Å²) >= 11 is 0.